The van der Waals surface area contributed by atoms with Crippen LogP contribution in [-0.2, 0) is 24.1 Å². The second-order valence-electron chi connectivity index (χ2n) is 9.38. The maximum atomic E-state index is 14.1. The molecule has 2 aliphatic rings. The van der Waals surface area contributed by atoms with Gasteiger partial charge in [0.05, 0.1) is 11.3 Å². The minimum atomic E-state index is -0.0391. The minimum Gasteiger partial charge on any atom is -0.287 e. The third-order valence-corrected chi connectivity index (χ3v) is 8.27. The van der Waals surface area contributed by atoms with Gasteiger partial charge >= 0.3 is 0 Å². The van der Waals surface area contributed by atoms with E-state index in [0.29, 0.717) is 0 Å². The minimum absolute atomic E-state index is 0.0391. The van der Waals surface area contributed by atoms with Gasteiger partial charge in [-0.3, -0.25) is 9.36 Å². The van der Waals surface area contributed by atoms with Crippen molar-refractivity contribution in [1.29, 1.82) is 0 Å². The molecule has 166 valence electrons. The number of aromatic nitrogens is 2. The smallest absolute Gasteiger partial charge is 0.258 e. The topological polar surface area (TPSA) is 34.9 Å². The van der Waals surface area contributed by atoms with Gasteiger partial charge in [0.2, 0.25) is 0 Å². The van der Waals surface area contributed by atoms with Crippen LogP contribution in [-0.4, -0.2) is 9.55 Å². The molecule has 0 atom stereocenters. The predicted molar refractivity (Wildman–Crippen MR) is 133 cm³/mol. The largest absolute Gasteiger partial charge is 0.287 e. The van der Waals surface area contributed by atoms with Crippen LogP contribution in [0.2, 0.25) is 0 Å². The van der Waals surface area contributed by atoms with Crippen LogP contribution in [0.4, 0.5) is 0 Å². The molecule has 5 rings (SSSR count). The van der Waals surface area contributed by atoms with Gasteiger partial charge in [-0.15, -0.1) is 0 Å². The highest BCUT2D eigenvalue weighted by Crippen LogP contribution is 2.48. The van der Waals surface area contributed by atoms with Crippen molar-refractivity contribution >= 4 is 11.8 Å². The first-order valence-electron chi connectivity index (χ1n) is 12.1. The lowest BCUT2D eigenvalue weighted by Gasteiger charge is -2.42. The van der Waals surface area contributed by atoms with Crippen molar-refractivity contribution in [3.63, 3.8) is 0 Å². The van der Waals surface area contributed by atoms with Gasteiger partial charge in [0, 0.05) is 23.3 Å². The lowest BCUT2D eigenvalue weighted by Crippen LogP contribution is -2.43. The van der Waals surface area contributed by atoms with Crippen molar-refractivity contribution in [3.05, 3.63) is 81.6 Å². The first-order valence-corrected chi connectivity index (χ1v) is 13.1. The fourth-order valence-electron chi connectivity index (χ4n) is 5.57. The van der Waals surface area contributed by atoms with E-state index in [9.17, 15) is 4.79 Å². The number of hydrogen-bond acceptors (Lipinski definition) is 3. The maximum absolute atomic E-state index is 14.1. The number of benzene rings is 2. The summed E-state index contributed by atoms with van der Waals surface area (Å²) in [6.07, 6.45) is 8.97. The van der Waals surface area contributed by atoms with E-state index in [-0.39, 0.29) is 11.0 Å². The summed E-state index contributed by atoms with van der Waals surface area (Å²) in [7, 11) is 0. The molecule has 4 heteroatoms. The maximum Gasteiger partial charge on any atom is 0.258 e. The molecule has 0 aliphatic heterocycles. The van der Waals surface area contributed by atoms with Gasteiger partial charge < -0.3 is 0 Å². The summed E-state index contributed by atoms with van der Waals surface area (Å²) in [5, 5.41) is 0.869. The second-order valence-corrected chi connectivity index (χ2v) is 10.3. The molecule has 1 heterocycles. The van der Waals surface area contributed by atoms with Crippen LogP contribution in [0.25, 0.3) is 11.3 Å². The second kappa shape index (κ2) is 9.27. The van der Waals surface area contributed by atoms with E-state index in [0.717, 1.165) is 60.8 Å². The molecule has 3 aromatic rings. The van der Waals surface area contributed by atoms with Crippen LogP contribution in [0, 0.1) is 0 Å². The van der Waals surface area contributed by atoms with Gasteiger partial charge in [-0.2, -0.15) is 0 Å². The van der Waals surface area contributed by atoms with E-state index in [2.05, 4.69) is 55.5 Å². The van der Waals surface area contributed by atoms with Gasteiger partial charge in [0.15, 0.2) is 5.16 Å². The molecule has 1 spiro atoms. The highest BCUT2D eigenvalue weighted by Gasteiger charge is 2.43. The molecule has 0 saturated heterocycles. The molecule has 1 saturated carbocycles. The molecule has 2 aromatic carbocycles. The number of unbranched alkanes of at least 4 members (excludes halogenated alkanes) is 1. The van der Waals surface area contributed by atoms with Gasteiger partial charge in [-0.25, -0.2) is 4.98 Å². The van der Waals surface area contributed by atoms with Crippen LogP contribution in [0.15, 0.2) is 64.5 Å². The van der Waals surface area contributed by atoms with Crippen LogP contribution in [0.5, 0.6) is 0 Å². The Morgan fingerprint density at radius 1 is 1.00 bits per heavy atom. The predicted octanol–water partition coefficient (Wildman–Crippen LogP) is 6.76. The molecule has 0 unspecified atom stereocenters. The van der Waals surface area contributed by atoms with Crippen molar-refractivity contribution in [2.45, 2.75) is 81.2 Å². The van der Waals surface area contributed by atoms with Crippen LogP contribution in [0.1, 0.15) is 68.6 Å². The standard InChI is InChI=1S/C28H32N2OS/c1-2-3-18-30-26(31)24-25(29-27(30)32-20-21-12-6-4-7-13-21)23-15-9-8-14-22(23)19-28(24)16-10-5-11-17-28/h4,6-9,12-15H,2-3,5,10-11,16-20H2,1H3. The lowest BCUT2D eigenvalue weighted by atomic mass is 9.62. The van der Waals surface area contributed by atoms with E-state index in [1.807, 2.05) is 10.6 Å². The zero-order chi connectivity index (χ0) is 22.0. The monoisotopic (exact) mass is 444 g/mol. The van der Waals surface area contributed by atoms with Crippen molar-refractivity contribution in [2.24, 2.45) is 0 Å². The number of nitrogens with zero attached hydrogens (tertiary/aromatic N) is 2. The Labute approximate surface area is 195 Å². The van der Waals surface area contributed by atoms with Crippen LogP contribution < -0.4 is 5.56 Å². The molecule has 0 N–H and O–H groups in total. The molecule has 0 bridgehead atoms. The molecular weight excluding hydrogens is 412 g/mol. The summed E-state index contributed by atoms with van der Waals surface area (Å²) in [4.78, 5) is 19.4. The Morgan fingerprint density at radius 3 is 2.53 bits per heavy atom. The quantitative estimate of drug-likeness (QED) is 0.311. The molecule has 1 fully saturated rings. The Bertz CT molecular complexity index is 1150. The Balaban J connectivity index is 1.66. The Kier molecular flexibility index (Phi) is 6.23. The molecule has 32 heavy (non-hydrogen) atoms. The third-order valence-electron chi connectivity index (χ3n) is 7.22. The zero-order valence-electron chi connectivity index (χ0n) is 19.0. The summed E-state index contributed by atoms with van der Waals surface area (Å²) in [6.45, 7) is 2.94. The molecule has 0 amide bonds. The van der Waals surface area contributed by atoms with Gasteiger partial charge in [-0.05, 0) is 36.8 Å². The SMILES string of the molecule is CCCCn1c(SCc2ccccc2)nc2c(c1=O)C1(CCCCC1)Cc1ccccc1-2. The normalized spacial score (nSPS) is 16.5. The van der Waals surface area contributed by atoms with Crippen molar-refractivity contribution in [2.75, 3.05) is 0 Å². The summed E-state index contributed by atoms with van der Waals surface area (Å²) < 4.78 is 2.00. The highest BCUT2D eigenvalue weighted by molar-refractivity contribution is 7.98. The van der Waals surface area contributed by atoms with Crippen molar-refractivity contribution in [3.8, 4) is 11.3 Å². The average Bonchev–Trinajstić information content (AvgIpc) is 2.83. The highest BCUT2D eigenvalue weighted by atomic mass is 32.2. The lowest BCUT2D eigenvalue weighted by molar-refractivity contribution is 0.281. The summed E-state index contributed by atoms with van der Waals surface area (Å²) in [5.74, 6) is 0.824. The molecule has 0 radical (unpaired) electrons. The van der Waals surface area contributed by atoms with Crippen LogP contribution >= 0.6 is 11.8 Å². The molecule has 1 aromatic heterocycles. The van der Waals surface area contributed by atoms with E-state index >= 15 is 0 Å². The van der Waals surface area contributed by atoms with E-state index in [1.165, 1.54) is 36.0 Å². The van der Waals surface area contributed by atoms with Gasteiger partial charge in [-0.1, -0.05) is 99.0 Å². The third kappa shape index (κ3) is 3.94. The van der Waals surface area contributed by atoms with Gasteiger partial charge in [0.1, 0.15) is 0 Å². The first-order chi connectivity index (χ1) is 15.7. The number of rotatable bonds is 6. The zero-order valence-corrected chi connectivity index (χ0v) is 19.8. The van der Waals surface area contributed by atoms with Crippen LogP contribution in [0.3, 0.4) is 0 Å². The molecular formula is C28H32N2OS. The number of thioether (sulfide) groups is 1. The summed E-state index contributed by atoms with van der Waals surface area (Å²) in [6, 6.07) is 19.1. The van der Waals surface area contributed by atoms with Gasteiger partial charge in [0.25, 0.3) is 5.56 Å². The summed E-state index contributed by atoms with van der Waals surface area (Å²) >= 11 is 1.70. The Hall–Kier alpha value is -2.33. The van der Waals surface area contributed by atoms with E-state index < -0.39 is 0 Å². The molecule has 2 aliphatic carbocycles. The van der Waals surface area contributed by atoms with E-state index in [1.54, 1.807) is 11.8 Å². The molecule has 3 nitrogen and oxygen atoms in total. The average molecular weight is 445 g/mol. The van der Waals surface area contributed by atoms with Crippen molar-refractivity contribution < 1.29 is 0 Å². The fraction of sp³-hybridized carbons (Fsp3) is 0.429. The summed E-state index contributed by atoms with van der Waals surface area (Å²) in [5.41, 5.74) is 5.94. The first kappa shape index (κ1) is 21.5. The number of hydrogen-bond donors (Lipinski definition) is 0. The Morgan fingerprint density at radius 2 is 1.75 bits per heavy atom. The van der Waals surface area contributed by atoms with Crippen molar-refractivity contribution in [1.82, 2.24) is 9.55 Å². The number of fused-ring (bicyclic) bond motifs is 4. The van der Waals surface area contributed by atoms with E-state index in [4.69, 9.17) is 4.98 Å². The fourth-order valence-corrected chi connectivity index (χ4v) is 6.54.